The average Bonchev–Trinajstić information content (AvgIpc) is 3.51. The highest BCUT2D eigenvalue weighted by atomic mass is 35.5. The molecular weight excluding hydrogens is 533 g/mol. The van der Waals surface area contributed by atoms with E-state index in [9.17, 15) is 18.3 Å². The lowest BCUT2D eigenvalue weighted by Gasteiger charge is -2.37. The summed E-state index contributed by atoms with van der Waals surface area (Å²) >= 11 is 5.69. The third kappa shape index (κ3) is 5.39. The second-order valence-electron chi connectivity index (χ2n) is 8.37. The first-order chi connectivity index (χ1) is 18.0. The molecule has 2 aromatic carbocycles. The van der Waals surface area contributed by atoms with Crippen LogP contribution in [0.2, 0.25) is 5.02 Å². The molecule has 1 N–H and O–H groups in total. The van der Waals surface area contributed by atoms with Crippen molar-refractivity contribution in [1.82, 2.24) is 20.2 Å². The molecular formula is C25H19ClF5N5O2. The number of benzene rings is 2. The minimum absolute atomic E-state index is 0.0883. The molecule has 13 heteroatoms. The maximum Gasteiger partial charge on any atom is 0.318 e. The average molecular weight is 552 g/mol. The number of aliphatic imine (C=N–C) groups is 1. The molecule has 1 aliphatic heterocycles. The molecule has 7 nitrogen and oxygen atoms in total. The van der Waals surface area contributed by atoms with Gasteiger partial charge in [-0.2, -0.15) is 8.78 Å². The fourth-order valence-electron chi connectivity index (χ4n) is 3.90. The minimum atomic E-state index is -4.12. The zero-order chi connectivity index (χ0) is 27.5. The summed E-state index contributed by atoms with van der Waals surface area (Å²) in [5, 5.41) is 21.9. The van der Waals surface area contributed by atoms with E-state index in [1.54, 1.807) is 0 Å². The number of ether oxygens (including phenoxy) is 1. The second kappa shape index (κ2) is 10.9. The standard InChI is InChI=1S/C25H19ClF5N5O2/c1-15-16(3-2-10-38-22-7-4-17(26)11-21(22)29)13-32-23(15)25(30,31)24(37,8-9-36-14-33-34-35-36)19-6-5-18(27)12-20(19)28/h4-7,11-15,37H,8-10H2,1H3. The van der Waals surface area contributed by atoms with E-state index in [0.717, 1.165) is 35.4 Å². The summed E-state index contributed by atoms with van der Waals surface area (Å²) in [6.07, 6.45) is 1.51. The molecule has 0 radical (unpaired) electrons. The van der Waals surface area contributed by atoms with Gasteiger partial charge in [0.1, 0.15) is 24.6 Å². The Bertz CT molecular complexity index is 1450. The fourth-order valence-corrected chi connectivity index (χ4v) is 4.06. The molecule has 3 aromatic rings. The van der Waals surface area contributed by atoms with E-state index in [-0.39, 0.29) is 29.5 Å². The van der Waals surface area contributed by atoms with E-state index in [1.807, 2.05) is 0 Å². The summed E-state index contributed by atoms with van der Waals surface area (Å²) < 4.78 is 80.4. The van der Waals surface area contributed by atoms with Crippen LogP contribution in [0.25, 0.3) is 0 Å². The third-order valence-corrected chi connectivity index (χ3v) is 6.19. The Morgan fingerprint density at radius 1 is 1.13 bits per heavy atom. The summed E-state index contributed by atoms with van der Waals surface area (Å²) in [6, 6.07) is 5.77. The number of alkyl halides is 2. The molecule has 38 heavy (non-hydrogen) atoms. The molecule has 0 saturated heterocycles. The maximum atomic E-state index is 16.0. The van der Waals surface area contributed by atoms with Crippen LogP contribution >= 0.6 is 11.6 Å². The lowest BCUT2D eigenvalue weighted by molar-refractivity contribution is -0.152. The Morgan fingerprint density at radius 2 is 1.92 bits per heavy atom. The number of hydrogen-bond donors (Lipinski definition) is 1. The van der Waals surface area contributed by atoms with Gasteiger partial charge in [-0.3, -0.25) is 4.99 Å². The van der Waals surface area contributed by atoms with E-state index < -0.39 is 52.6 Å². The van der Waals surface area contributed by atoms with Crippen LogP contribution in [0.1, 0.15) is 18.9 Å². The zero-order valence-corrected chi connectivity index (χ0v) is 20.4. The number of aryl methyl sites for hydroxylation is 1. The van der Waals surface area contributed by atoms with Gasteiger partial charge in [-0.25, -0.2) is 17.9 Å². The van der Waals surface area contributed by atoms with Gasteiger partial charge >= 0.3 is 5.92 Å². The Kier molecular flexibility index (Phi) is 7.80. The summed E-state index contributed by atoms with van der Waals surface area (Å²) in [6.45, 7) is 0.823. The van der Waals surface area contributed by atoms with Crippen molar-refractivity contribution in [3.05, 3.63) is 82.5 Å². The number of halogens is 6. The van der Waals surface area contributed by atoms with Gasteiger partial charge in [0.15, 0.2) is 17.2 Å². The topological polar surface area (TPSA) is 85.4 Å². The van der Waals surface area contributed by atoms with Crippen molar-refractivity contribution in [2.45, 2.75) is 31.4 Å². The van der Waals surface area contributed by atoms with Crippen molar-refractivity contribution in [2.75, 3.05) is 6.61 Å². The molecule has 0 aliphatic carbocycles. The highest BCUT2D eigenvalue weighted by Gasteiger charge is 2.59. The maximum absolute atomic E-state index is 16.0. The first kappa shape index (κ1) is 27.2. The number of rotatable bonds is 8. The largest absolute Gasteiger partial charge is 0.478 e. The Labute approximate surface area is 218 Å². The van der Waals surface area contributed by atoms with Gasteiger partial charge < -0.3 is 9.84 Å². The van der Waals surface area contributed by atoms with Gasteiger partial charge in [-0.15, -0.1) is 5.10 Å². The molecule has 1 aromatic heterocycles. The normalized spacial score (nSPS) is 16.8. The first-order valence-electron chi connectivity index (χ1n) is 11.1. The van der Waals surface area contributed by atoms with Gasteiger partial charge in [0, 0.05) is 47.3 Å². The molecule has 4 rings (SSSR count). The van der Waals surface area contributed by atoms with E-state index in [2.05, 4.69) is 32.4 Å². The van der Waals surface area contributed by atoms with Crippen molar-refractivity contribution in [3.8, 4) is 17.6 Å². The molecule has 0 spiro atoms. The predicted molar refractivity (Wildman–Crippen MR) is 127 cm³/mol. The lowest BCUT2D eigenvalue weighted by atomic mass is 9.78. The van der Waals surface area contributed by atoms with Crippen molar-refractivity contribution in [1.29, 1.82) is 0 Å². The molecule has 2 heterocycles. The first-order valence-corrected chi connectivity index (χ1v) is 11.5. The summed E-state index contributed by atoms with van der Waals surface area (Å²) in [5.74, 6) is -3.07. The highest BCUT2D eigenvalue weighted by Crippen LogP contribution is 2.46. The molecule has 198 valence electrons. The third-order valence-electron chi connectivity index (χ3n) is 5.96. The van der Waals surface area contributed by atoms with Crippen LogP contribution < -0.4 is 4.74 Å². The van der Waals surface area contributed by atoms with E-state index >= 15 is 8.78 Å². The van der Waals surface area contributed by atoms with Crippen LogP contribution in [-0.2, 0) is 12.1 Å². The number of nitrogens with zero attached hydrogens (tertiary/aromatic N) is 5. The van der Waals surface area contributed by atoms with E-state index in [4.69, 9.17) is 16.3 Å². The van der Waals surface area contributed by atoms with Gasteiger partial charge in [-0.1, -0.05) is 36.4 Å². The molecule has 2 atom stereocenters. The lowest BCUT2D eigenvalue weighted by Crippen LogP contribution is -2.53. The van der Waals surface area contributed by atoms with Gasteiger partial charge in [0.25, 0.3) is 0 Å². The predicted octanol–water partition coefficient (Wildman–Crippen LogP) is 4.71. The number of hydrogen-bond acceptors (Lipinski definition) is 6. The smallest absolute Gasteiger partial charge is 0.318 e. The molecule has 2 unspecified atom stereocenters. The molecule has 0 saturated carbocycles. The Balaban J connectivity index is 1.55. The molecule has 0 fully saturated rings. The van der Waals surface area contributed by atoms with Crippen LogP contribution in [0, 0.1) is 35.2 Å². The van der Waals surface area contributed by atoms with Crippen LogP contribution in [0.15, 0.2) is 59.5 Å². The number of allylic oxidation sites excluding steroid dienone is 1. The minimum Gasteiger partial charge on any atom is -0.478 e. The molecule has 0 amide bonds. The van der Waals surface area contributed by atoms with Crippen LogP contribution in [0.3, 0.4) is 0 Å². The van der Waals surface area contributed by atoms with Gasteiger partial charge in [0.2, 0.25) is 0 Å². The Hall–Kier alpha value is -3.82. The van der Waals surface area contributed by atoms with E-state index in [1.165, 1.54) is 19.1 Å². The second-order valence-corrected chi connectivity index (χ2v) is 8.80. The van der Waals surface area contributed by atoms with Crippen LogP contribution in [-0.4, -0.2) is 43.6 Å². The van der Waals surface area contributed by atoms with Crippen LogP contribution in [0.5, 0.6) is 5.75 Å². The van der Waals surface area contributed by atoms with Crippen molar-refractivity contribution >= 4 is 17.3 Å². The summed E-state index contributed by atoms with van der Waals surface area (Å²) in [7, 11) is 0. The van der Waals surface area contributed by atoms with Crippen molar-refractivity contribution < 1.29 is 31.8 Å². The highest BCUT2D eigenvalue weighted by molar-refractivity contribution is 6.30. The number of aliphatic hydroxyl groups is 1. The zero-order valence-electron chi connectivity index (χ0n) is 19.7. The number of tetrazole rings is 1. The molecule has 1 aliphatic rings. The van der Waals surface area contributed by atoms with E-state index in [0.29, 0.717) is 6.07 Å². The summed E-state index contributed by atoms with van der Waals surface area (Å²) in [4.78, 5) is 3.80. The van der Waals surface area contributed by atoms with Crippen molar-refractivity contribution in [3.63, 3.8) is 0 Å². The van der Waals surface area contributed by atoms with Gasteiger partial charge in [0.05, 0.1) is 5.71 Å². The van der Waals surface area contributed by atoms with Gasteiger partial charge in [-0.05, 0) is 34.7 Å². The Morgan fingerprint density at radius 3 is 2.61 bits per heavy atom. The molecule has 0 bridgehead atoms. The monoisotopic (exact) mass is 551 g/mol. The fraction of sp³-hybridized carbons (Fsp3) is 0.280. The quantitative estimate of drug-likeness (QED) is 0.324. The van der Waals surface area contributed by atoms with Crippen molar-refractivity contribution in [2.24, 2.45) is 10.9 Å². The van der Waals surface area contributed by atoms with Crippen LogP contribution in [0.4, 0.5) is 22.0 Å². The SMILES string of the molecule is CC1C(C#CCOc2ccc(Cl)cc2F)=CN=C1C(F)(F)C(O)(CCn1cnnn1)c1ccc(F)cc1F. The summed E-state index contributed by atoms with van der Waals surface area (Å²) in [5.41, 5.74) is -4.56. The number of aromatic nitrogens is 4.